The second kappa shape index (κ2) is 23.1. The van der Waals surface area contributed by atoms with E-state index >= 15 is 0 Å². The van der Waals surface area contributed by atoms with Gasteiger partial charge in [0.05, 0.1) is 0 Å². The minimum atomic E-state index is 0. The zero-order valence-electron chi connectivity index (χ0n) is 40.9. The van der Waals surface area contributed by atoms with Crippen LogP contribution in [-0.4, -0.2) is 5.43 Å². The molecule has 2 unspecified atom stereocenters. The van der Waals surface area contributed by atoms with E-state index in [2.05, 4.69) is 218 Å². The fourth-order valence-electron chi connectivity index (χ4n) is 9.21. The Morgan fingerprint density at radius 3 is 0.859 bits per heavy atom. The third-order valence-electron chi connectivity index (χ3n) is 12.3. The van der Waals surface area contributed by atoms with Crippen molar-refractivity contribution in [2.75, 3.05) is 0 Å². The zero-order valence-corrected chi connectivity index (χ0v) is 45.8. The molecule has 4 heteroatoms. The van der Waals surface area contributed by atoms with Crippen LogP contribution < -0.4 is 24.8 Å². The molecule has 8 aromatic carbocycles. The van der Waals surface area contributed by atoms with Crippen molar-refractivity contribution in [3.63, 3.8) is 0 Å². The number of halogens is 2. The maximum Gasteiger partial charge on any atom is -1.00 e. The molecule has 8 rings (SSSR count). The first-order chi connectivity index (χ1) is 29.4. The summed E-state index contributed by atoms with van der Waals surface area (Å²) in [7, 11) is 0. The van der Waals surface area contributed by atoms with Crippen molar-refractivity contribution < 1.29 is 48.1 Å². The van der Waals surface area contributed by atoms with Crippen LogP contribution in [0.5, 0.6) is 0 Å². The topological polar surface area (TPSA) is 0 Å². The molecule has 0 bridgehead atoms. The molecule has 0 fully saturated rings. The van der Waals surface area contributed by atoms with Gasteiger partial charge in [-0.2, -0.15) is 12.1 Å². The molecule has 0 spiro atoms. The van der Waals surface area contributed by atoms with Gasteiger partial charge in [-0.1, -0.05) is 215 Å². The SMILES string of the molecule is CCC(C)c1cc2c(-c3cc(C)cc(C)c3)ccc(-c3cc(C)cc(C)c3)c2[cH-]1.CCC(C)c1cc2c(-c3cc(C)cc(C)c3)ccc(-c3cc(C)cc(C)c3)c2[cH-]1.C[Si](C)=[Zr+2].[Cl-].[Cl-]. The molecule has 332 valence electrons. The molecule has 0 aliphatic heterocycles. The molecule has 2 atom stereocenters. The summed E-state index contributed by atoms with van der Waals surface area (Å²) in [6, 6.07) is 46.5. The number of rotatable bonds is 8. The molecular formula is C60H68Cl2SiZr-2. The first-order valence-corrected chi connectivity index (χ1v) is 29.0. The Morgan fingerprint density at radius 2 is 0.625 bits per heavy atom. The largest absolute Gasteiger partial charge is 1.00 e. The average molecular weight is 979 g/mol. The van der Waals surface area contributed by atoms with Gasteiger partial charge in [-0.05, 0) is 78.4 Å². The van der Waals surface area contributed by atoms with E-state index < -0.39 is 0 Å². The minimum Gasteiger partial charge on any atom is -1.00 e. The fourth-order valence-corrected chi connectivity index (χ4v) is 9.21. The summed E-state index contributed by atoms with van der Waals surface area (Å²) in [5, 5.41) is 5.51. The monoisotopic (exact) mass is 976 g/mol. The average Bonchev–Trinajstić information content (AvgIpc) is 3.84. The van der Waals surface area contributed by atoms with Crippen molar-refractivity contribution in [1.29, 1.82) is 0 Å². The Kier molecular flexibility index (Phi) is 19.1. The van der Waals surface area contributed by atoms with Gasteiger partial charge in [0, 0.05) is 0 Å². The van der Waals surface area contributed by atoms with Gasteiger partial charge < -0.3 is 24.8 Å². The molecule has 0 amide bonds. The number of fused-ring (bicyclic) bond motifs is 2. The van der Waals surface area contributed by atoms with Crippen LogP contribution in [0, 0.1) is 55.4 Å². The van der Waals surface area contributed by atoms with E-state index in [-0.39, 0.29) is 30.2 Å². The summed E-state index contributed by atoms with van der Waals surface area (Å²) >= 11 is 1.74. The standard InChI is InChI=1S/2C29H31.C2H6Si.2ClH.Zr/c2*1-7-22(6)23-16-28-26(24-12-18(2)10-19(3)13-24)8-9-27(29(28)17-23)25-14-20(4)11-21(5)15-25;1-3-2;;;/h2*8-17,22H,7H2,1-6H3;1-2H3;2*1H;/q2*-1;;;;+2/p-2. The van der Waals surface area contributed by atoms with Crippen LogP contribution >= 0.6 is 0 Å². The van der Waals surface area contributed by atoms with E-state index in [4.69, 9.17) is 0 Å². The fraction of sp³-hybridized carbons (Fsp3) is 0.300. The van der Waals surface area contributed by atoms with E-state index in [0.717, 1.165) is 12.8 Å². The minimum absolute atomic E-state index is 0. The Hall–Kier alpha value is -3.78. The van der Waals surface area contributed by atoms with E-state index in [0.29, 0.717) is 11.8 Å². The van der Waals surface area contributed by atoms with Crippen molar-refractivity contribution in [2.24, 2.45) is 0 Å². The summed E-state index contributed by atoms with van der Waals surface area (Å²) in [5.74, 6) is 1.14. The quantitative estimate of drug-likeness (QED) is 0.105. The van der Waals surface area contributed by atoms with Crippen molar-refractivity contribution in [3.05, 3.63) is 177 Å². The number of hydrogen-bond donors (Lipinski definition) is 0. The van der Waals surface area contributed by atoms with Gasteiger partial charge in [-0.15, -0.1) is 44.8 Å². The summed E-state index contributed by atoms with van der Waals surface area (Å²) in [6.07, 6.45) is 2.32. The maximum absolute atomic E-state index is 2.43. The molecule has 8 aromatic rings. The molecular weight excluding hydrogens is 911 g/mol. The van der Waals surface area contributed by atoms with Crippen LogP contribution in [0.3, 0.4) is 0 Å². The smallest absolute Gasteiger partial charge is 1.00 e. The second-order valence-corrected chi connectivity index (χ2v) is 28.1. The predicted molar refractivity (Wildman–Crippen MR) is 274 cm³/mol. The third kappa shape index (κ3) is 12.8. The summed E-state index contributed by atoms with van der Waals surface area (Å²) in [5.41, 5.74) is 24.3. The molecule has 0 aliphatic carbocycles. The van der Waals surface area contributed by atoms with Crippen LogP contribution in [0.15, 0.2) is 121 Å². The van der Waals surface area contributed by atoms with Crippen molar-refractivity contribution in [1.82, 2.24) is 0 Å². The second-order valence-electron chi connectivity index (χ2n) is 18.7. The molecule has 0 aliphatic rings. The number of hydrogen-bond acceptors (Lipinski definition) is 0. The Morgan fingerprint density at radius 1 is 0.406 bits per heavy atom. The van der Waals surface area contributed by atoms with Crippen molar-refractivity contribution in [3.8, 4) is 44.5 Å². The van der Waals surface area contributed by atoms with Crippen LogP contribution in [-0.2, 0) is 23.3 Å². The van der Waals surface area contributed by atoms with Gasteiger partial charge in [0.2, 0.25) is 0 Å². The Balaban J connectivity index is 0.000000252. The molecule has 0 heterocycles. The third-order valence-corrected chi connectivity index (χ3v) is 12.3. The van der Waals surface area contributed by atoms with E-state index in [1.54, 1.807) is 23.3 Å². The number of aryl methyl sites for hydroxylation is 8. The van der Waals surface area contributed by atoms with Crippen molar-refractivity contribution in [2.45, 2.75) is 121 Å². The van der Waals surface area contributed by atoms with Crippen LogP contribution in [0.1, 0.15) is 108 Å². The molecule has 0 nitrogen and oxygen atoms in total. The van der Waals surface area contributed by atoms with Gasteiger partial charge in [0.25, 0.3) is 0 Å². The Bertz CT molecular complexity index is 2430. The molecule has 0 saturated carbocycles. The molecule has 0 saturated heterocycles. The maximum atomic E-state index is 2.43. The van der Waals surface area contributed by atoms with Gasteiger partial charge in [0.1, 0.15) is 0 Å². The first-order valence-electron chi connectivity index (χ1n) is 22.8. The summed E-state index contributed by atoms with van der Waals surface area (Å²) in [4.78, 5) is 0. The van der Waals surface area contributed by atoms with Crippen molar-refractivity contribution >= 4 is 27.0 Å². The number of benzene rings is 6. The van der Waals surface area contributed by atoms with Crippen LogP contribution in [0.2, 0.25) is 13.1 Å². The summed E-state index contributed by atoms with van der Waals surface area (Å²) in [6.45, 7) is 31.3. The Labute approximate surface area is 414 Å². The van der Waals surface area contributed by atoms with Crippen LogP contribution in [0.4, 0.5) is 0 Å². The molecule has 0 aromatic heterocycles. The van der Waals surface area contributed by atoms with E-state index in [1.165, 1.54) is 122 Å². The van der Waals surface area contributed by atoms with E-state index in [9.17, 15) is 0 Å². The van der Waals surface area contributed by atoms with Gasteiger partial charge in [-0.3, -0.25) is 0 Å². The van der Waals surface area contributed by atoms with Gasteiger partial charge in [-0.25, -0.2) is 0 Å². The van der Waals surface area contributed by atoms with Crippen LogP contribution in [0.25, 0.3) is 66.1 Å². The normalized spacial score (nSPS) is 11.8. The zero-order chi connectivity index (χ0) is 45.0. The van der Waals surface area contributed by atoms with E-state index in [1.807, 2.05) is 0 Å². The predicted octanol–water partition coefficient (Wildman–Crippen LogP) is 12.1. The summed E-state index contributed by atoms with van der Waals surface area (Å²) < 4.78 is 0. The molecule has 0 radical (unpaired) electrons. The first kappa shape index (κ1) is 52.8. The van der Waals surface area contributed by atoms with Gasteiger partial charge >= 0.3 is 41.9 Å². The van der Waals surface area contributed by atoms with Gasteiger partial charge in [0.15, 0.2) is 0 Å². The molecule has 0 N–H and O–H groups in total. The molecule has 64 heavy (non-hydrogen) atoms.